The Morgan fingerprint density at radius 1 is 1.30 bits per heavy atom. The number of benzene rings is 2. The number of para-hydroxylation sites is 1. The number of amides is 1. The SMILES string of the molecule is O=C(COc1ccccc1Cl)N/N=C/c1cc(O)c(Br)cc1Br. The summed E-state index contributed by atoms with van der Waals surface area (Å²) in [4.78, 5) is 11.7. The highest BCUT2D eigenvalue weighted by Gasteiger charge is 2.06. The zero-order valence-corrected chi connectivity index (χ0v) is 15.5. The number of ether oxygens (including phenoxy) is 1. The van der Waals surface area contributed by atoms with E-state index in [0.29, 0.717) is 25.3 Å². The molecule has 1 amide bonds. The van der Waals surface area contributed by atoms with Crippen LogP contribution < -0.4 is 10.2 Å². The van der Waals surface area contributed by atoms with Crippen molar-refractivity contribution in [3.63, 3.8) is 0 Å². The molecule has 5 nitrogen and oxygen atoms in total. The number of aromatic hydroxyl groups is 1. The summed E-state index contributed by atoms with van der Waals surface area (Å²) in [5.41, 5.74) is 2.94. The Hall–Kier alpha value is -1.57. The lowest BCUT2D eigenvalue weighted by Gasteiger charge is -2.06. The fourth-order valence-corrected chi connectivity index (χ4v) is 2.85. The van der Waals surface area contributed by atoms with Crippen LogP contribution in [0.5, 0.6) is 11.5 Å². The molecular weight excluding hydrogens is 451 g/mol. The van der Waals surface area contributed by atoms with Gasteiger partial charge >= 0.3 is 0 Å². The average Bonchev–Trinajstić information content (AvgIpc) is 2.51. The second-order valence-electron chi connectivity index (χ2n) is 4.34. The number of carbonyl (C=O) groups excluding carboxylic acids is 1. The molecule has 0 unspecified atom stereocenters. The van der Waals surface area contributed by atoms with Crippen LogP contribution in [0.4, 0.5) is 0 Å². The average molecular weight is 463 g/mol. The number of hydrogen-bond donors (Lipinski definition) is 2. The molecule has 0 bridgehead atoms. The van der Waals surface area contributed by atoms with Crippen molar-refractivity contribution in [1.82, 2.24) is 5.43 Å². The third-order valence-corrected chi connectivity index (χ3v) is 4.29. The molecule has 120 valence electrons. The minimum absolute atomic E-state index is 0.0722. The number of nitrogens with zero attached hydrogens (tertiary/aromatic N) is 1. The van der Waals surface area contributed by atoms with Crippen LogP contribution in [-0.4, -0.2) is 23.8 Å². The Balaban J connectivity index is 1.89. The summed E-state index contributed by atoms with van der Waals surface area (Å²) in [5, 5.41) is 13.9. The number of carbonyl (C=O) groups is 1. The first kappa shape index (κ1) is 17.8. The fourth-order valence-electron chi connectivity index (χ4n) is 1.56. The van der Waals surface area contributed by atoms with E-state index < -0.39 is 5.91 Å². The van der Waals surface area contributed by atoms with Gasteiger partial charge in [-0.1, -0.05) is 39.7 Å². The number of phenolic OH excluding ortho intramolecular Hbond substituents is 1. The van der Waals surface area contributed by atoms with Crippen LogP contribution in [0.15, 0.2) is 50.4 Å². The van der Waals surface area contributed by atoms with Gasteiger partial charge in [-0.15, -0.1) is 0 Å². The molecule has 0 aliphatic carbocycles. The largest absolute Gasteiger partial charge is 0.507 e. The molecule has 0 heterocycles. The van der Waals surface area contributed by atoms with Crippen LogP contribution >= 0.6 is 43.5 Å². The van der Waals surface area contributed by atoms with Gasteiger partial charge in [-0.2, -0.15) is 5.10 Å². The molecule has 0 radical (unpaired) electrons. The van der Waals surface area contributed by atoms with Gasteiger partial charge in [0.25, 0.3) is 5.91 Å². The molecule has 0 spiro atoms. The number of hydrogen-bond acceptors (Lipinski definition) is 4. The van der Waals surface area contributed by atoms with E-state index in [1.54, 1.807) is 30.3 Å². The molecule has 0 fully saturated rings. The number of rotatable bonds is 5. The minimum Gasteiger partial charge on any atom is -0.507 e. The fraction of sp³-hybridized carbons (Fsp3) is 0.0667. The molecule has 0 aromatic heterocycles. The van der Waals surface area contributed by atoms with E-state index in [2.05, 4.69) is 42.4 Å². The van der Waals surface area contributed by atoms with Gasteiger partial charge in [0.15, 0.2) is 6.61 Å². The maximum Gasteiger partial charge on any atom is 0.277 e. The van der Waals surface area contributed by atoms with Crippen molar-refractivity contribution in [3.05, 3.63) is 55.9 Å². The Morgan fingerprint density at radius 3 is 2.78 bits per heavy atom. The lowest BCUT2D eigenvalue weighted by atomic mass is 10.2. The van der Waals surface area contributed by atoms with Gasteiger partial charge in [-0.3, -0.25) is 4.79 Å². The summed E-state index contributed by atoms with van der Waals surface area (Å²) >= 11 is 12.4. The topological polar surface area (TPSA) is 70.9 Å². The molecule has 23 heavy (non-hydrogen) atoms. The highest BCUT2D eigenvalue weighted by molar-refractivity contribution is 9.11. The van der Waals surface area contributed by atoms with Crippen molar-refractivity contribution in [2.45, 2.75) is 0 Å². The Kier molecular flexibility index (Phi) is 6.44. The van der Waals surface area contributed by atoms with Crippen LogP contribution in [-0.2, 0) is 4.79 Å². The third-order valence-electron chi connectivity index (χ3n) is 2.65. The molecule has 0 saturated carbocycles. The monoisotopic (exact) mass is 460 g/mol. The number of nitrogens with one attached hydrogen (secondary N) is 1. The second kappa shape index (κ2) is 8.33. The van der Waals surface area contributed by atoms with E-state index in [4.69, 9.17) is 16.3 Å². The van der Waals surface area contributed by atoms with Gasteiger partial charge in [0.05, 0.1) is 15.7 Å². The molecule has 0 aliphatic rings. The van der Waals surface area contributed by atoms with Gasteiger partial charge in [-0.05, 0) is 40.2 Å². The zero-order valence-electron chi connectivity index (χ0n) is 11.6. The minimum atomic E-state index is -0.432. The van der Waals surface area contributed by atoms with E-state index in [1.807, 2.05) is 0 Å². The molecule has 0 aliphatic heterocycles. The summed E-state index contributed by atoms with van der Waals surface area (Å²) in [5.74, 6) is 0.0653. The normalized spacial score (nSPS) is 10.7. The summed E-state index contributed by atoms with van der Waals surface area (Å²) < 4.78 is 6.56. The third kappa shape index (κ3) is 5.23. The smallest absolute Gasteiger partial charge is 0.277 e. The van der Waals surface area contributed by atoms with Crippen molar-refractivity contribution >= 4 is 55.6 Å². The first-order chi connectivity index (χ1) is 11.0. The van der Waals surface area contributed by atoms with E-state index in [-0.39, 0.29) is 12.4 Å². The molecule has 2 N–H and O–H groups in total. The summed E-state index contributed by atoms with van der Waals surface area (Å²) in [6.45, 7) is -0.214. The maximum atomic E-state index is 11.7. The van der Waals surface area contributed by atoms with Crippen LogP contribution in [0.1, 0.15) is 5.56 Å². The van der Waals surface area contributed by atoms with Crippen molar-refractivity contribution in [3.8, 4) is 11.5 Å². The van der Waals surface area contributed by atoms with Crippen LogP contribution in [0.3, 0.4) is 0 Å². The van der Waals surface area contributed by atoms with Gasteiger partial charge in [0.2, 0.25) is 0 Å². The van der Waals surface area contributed by atoms with Crippen molar-refractivity contribution in [2.24, 2.45) is 5.10 Å². The first-order valence-corrected chi connectivity index (χ1v) is 8.31. The van der Waals surface area contributed by atoms with E-state index in [1.165, 1.54) is 12.3 Å². The molecule has 2 rings (SSSR count). The van der Waals surface area contributed by atoms with E-state index in [0.717, 1.165) is 0 Å². The Bertz CT molecular complexity index is 753. The Labute approximate surface area is 154 Å². The maximum absolute atomic E-state index is 11.7. The van der Waals surface area contributed by atoms with Crippen molar-refractivity contribution in [1.29, 1.82) is 0 Å². The second-order valence-corrected chi connectivity index (χ2v) is 6.45. The number of phenols is 1. The molecule has 8 heteroatoms. The lowest BCUT2D eigenvalue weighted by molar-refractivity contribution is -0.123. The van der Waals surface area contributed by atoms with Gasteiger partial charge in [-0.25, -0.2) is 5.43 Å². The molecule has 0 atom stereocenters. The van der Waals surface area contributed by atoms with Crippen molar-refractivity contribution < 1.29 is 14.6 Å². The summed E-state index contributed by atoms with van der Waals surface area (Å²) in [7, 11) is 0. The first-order valence-electron chi connectivity index (χ1n) is 6.34. The van der Waals surface area contributed by atoms with E-state index in [9.17, 15) is 9.90 Å². The van der Waals surface area contributed by atoms with Gasteiger partial charge in [0, 0.05) is 10.0 Å². The number of halogens is 3. The van der Waals surface area contributed by atoms with Crippen LogP contribution in [0, 0.1) is 0 Å². The van der Waals surface area contributed by atoms with Crippen LogP contribution in [0.25, 0.3) is 0 Å². The quantitative estimate of drug-likeness (QED) is 0.519. The molecule has 0 saturated heterocycles. The predicted octanol–water partition coefficient (Wildman–Crippen LogP) is 4.10. The zero-order chi connectivity index (χ0) is 16.8. The standard InChI is InChI=1S/C15H11Br2ClN2O3/c16-10-6-11(17)13(21)5-9(10)7-19-20-15(22)8-23-14-4-2-1-3-12(14)18/h1-7,21H,8H2,(H,20,22)/b19-7+. The van der Waals surface area contributed by atoms with Gasteiger partial charge in [0.1, 0.15) is 11.5 Å². The van der Waals surface area contributed by atoms with Crippen molar-refractivity contribution in [2.75, 3.05) is 6.61 Å². The summed E-state index contributed by atoms with van der Waals surface area (Å²) in [6, 6.07) is 10.0. The highest BCUT2D eigenvalue weighted by Crippen LogP contribution is 2.29. The van der Waals surface area contributed by atoms with Gasteiger partial charge < -0.3 is 9.84 Å². The Morgan fingerprint density at radius 2 is 2.04 bits per heavy atom. The summed E-state index contributed by atoms with van der Waals surface area (Å²) in [6.07, 6.45) is 1.41. The van der Waals surface area contributed by atoms with Crippen LogP contribution in [0.2, 0.25) is 5.02 Å². The number of hydrazone groups is 1. The lowest BCUT2D eigenvalue weighted by Crippen LogP contribution is -2.24. The molecule has 2 aromatic carbocycles. The van der Waals surface area contributed by atoms with E-state index >= 15 is 0 Å². The highest BCUT2D eigenvalue weighted by atomic mass is 79.9. The molecular formula is C15H11Br2ClN2O3. The predicted molar refractivity (Wildman–Crippen MR) is 96.2 cm³/mol. The molecule has 2 aromatic rings.